The number of rotatable bonds is 3. The summed E-state index contributed by atoms with van der Waals surface area (Å²) < 4.78 is 21.6. The molecule has 70 valence electrons. The Bertz CT molecular complexity index is 266. The van der Waals surface area contributed by atoms with Crippen LogP contribution in [-0.2, 0) is 14.6 Å². The van der Waals surface area contributed by atoms with Crippen LogP contribution in [0, 0.1) is 5.92 Å². The van der Waals surface area contributed by atoms with Crippen LogP contribution in [0.15, 0.2) is 0 Å². The number of carbonyl (C=O) groups excluding carboxylic acids is 1. The molecule has 1 unspecified atom stereocenters. The van der Waals surface area contributed by atoms with Crippen molar-refractivity contribution in [1.82, 2.24) is 0 Å². The molecular weight excluding hydrogens is 176 g/mol. The van der Waals surface area contributed by atoms with E-state index in [9.17, 15) is 13.2 Å². The van der Waals surface area contributed by atoms with Gasteiger partial charge >= 0.3 is 0 Å². The molecule has 1 fully saturated rings. The number of ketones is 1. The van der Waals surface area contributed by atoms with Crippen LogP contribution in [0.1, 0.15) is 25.7 Å². The van der Waals surface area contributed by atoms with E-state index in [1.807, 2.05) is 0 Å². The molecule has 12 heavy (non-hydrogen) atoms. The monoisotopic (exact) mass is 190 g/mol. The van der Waals surface area contributed by atoms with Crippen molar-refractivity contribution in [2.75, 3.05) is 12.0 Å². The van der Waals surface area contributed by atoms with Crippen LogP contribution in [-0.4, -0.2) is 26.2 Å². The maximum atomic E-state index is 11.1. The second-order valence-electron chi connectivity index (χ2n) is 3.47. The van der Waals surface area contributed by atoms with Crippen LogP contribution in [0.25, 0.3) is 0 Å². The molecule has 0 radical (unpaired) electrons. The highest BCUT2D eigenvalue weighted by Crippen LogP contribution is 2.24. The van der Waals surface area contributed by atoms with Gasteiger partial charge in [-0.2, -0.15) is 0 Å². The summed E-state index contributed by atoms with van der Waals surface area (Å²) in [4.78, 5) is 11.1. The molecular formula is C8H14O3S. The summed E-state index contributed by atoms with van der Waals surface area (Å²) in [5, 5.41) is 0. The number of hydrogen-bond acceptors (Lipinski definition) is 3. The van der Waals surface area contributed by atoms with Gasteiger partial charge in [0.2, 0.25) is 0 Å². The molecule has 3 nitrogen and oxygen atoms in total. The van der Waals surface area contributed by atoms with E-state index in [0.29, 0.717) is 12.8 Å². The molecule has 0 spiro atoms. The lowest BCUT2D eigenvalue weighted by Crippen LogP contribution is -2.12. The Kier molecular flexibility index (Phi) is 2.88. The lowest BCUT2D eigenvalue weighted by molar-refractivity contribution is -0.120. The van der Waals surface area contributed by atoms with Crippen molar-refractivity contribution in [2.45, 2.75) is 25.7 Å². The first-order chi connectivity index (χ1) is 5.49. The molecule has 0 heterocycles. The zero-order valence-electron chi connectivity index (χ0n) is 7.25. The molecule has 1 aliphatic rings. The fourth-order valence-corrected chi connectivity index (χ4v) is 2.26. The van der Waals surface area contributed by atoms with Gasteiger partial charge in [0.15, 0.2) is 0 Å². The molecule has 1 aliphatic carbocycles. The Morgan fingerprint density at radius 2 is 2.17 bits per heavy atom. The van der Waals surface area contributed by atoms with E-state index < -0.39 is 9.84 Å². The topological polar surface area (TPSA) is 51.2 Å². The average Bonchev–Trinajstić information content (AvgIpc) is 2.29. The maximum Gasteiger partial charge on any atom is 0.147 e. The van der Waals surface area contributed by atoms with Crippen molar-refractivity contribution in [3.63, 3.8) is 0 Å². The quantitative estimate of drug-likeness (QED) is 0.661. The van der Waals surface area contributed by atoms with E-state index in [0.717, 1.165) is 12.8 Å². The number of Topliss-reactive ketones (excluding diaryl/α,β-unsaturated/α-hetero) is 1. The molecule has 0 aliphatic heterocycles. The van der Waals surface area contributed by atoms with Gasteiger partial charge in [0.05, 0.1) is 5.75 Å². The molecule has 1 rings (SSSR count). The predicted molar refractivity (Wildman–Crippen MR) is 46.7 cm³/mol. The van der Waals surface area contributed by atoms with Crippen molar-refractivity contribution in [3.8, 4) is 0 Å². The van der Waals surface area contributed by atoms with Gasteiger partial charge in [-0.05, 0) is 19.3 Å². The minimum absolute atomic E-state index is 0.0275. The van der Waals surface area contributed by atoms with Crippen molar-refractivity contribution in [2.24, 2.45) is 5.92 Å². The summed E-state index contributed by atoms with van der Waals surface area (Å²) in [6.45, 7) is 0. The van der Waals surface area contributed by atoms with Gasteiger partial charge in [0.1, 0.15) is 15.6 Å². The first kappa shape index (κ1) is 9.71. The molecule has 4 heteroatoms. The minimum Gasteiger partial charge on any atom is -0.299 e. The average molecular weight is 190 g/mol. The molecule has 1 saturated carbocycles. The fourth-order valence-electron chi connectivity index (χ4n) is 1.55. The molecule has 0 aromatic rings. The van der Waals surface area contributed by atoms with Gasteiger partial charge < -0.3 is 0 Å². The standard InChI is InChI=1S/C8H14O3S/c1-12(10,11)6-5-7-3-2-4-8(7)9/h7H,2-6H2,1H3. The smallest absolute Gasteiger partial charge is 0.147 e. The summed E-state index contributed by atoms with van der Waals surface area (Å²) in [6.07, 6.45) is 4.21. The zero-order valence-corrected chi connectivity index (χ0v) is 8.06. The maximum absolute atomic E-state index is 11.1. The molecule has 0 N–H and O–H groups in total. The van der Waals surface area contributed by atoms with Gasteiger partial charge in [0, 0.05) is 18.6 Å². The van der Waals surface area contributed by atoms with Crippen molar-refractivity contribution >= 4 is 15.6 Å². The van der Waals surface area contributed by atoms with Gasteiger partial charge in [0.25, 0.3) is 0 Å². The second kappa shape index (κ2) is 3.56. The largest absolute Gasteiger partial charge is 0.299 e. The van der Waals surface area contributed by atoms with Crippen LogP contribution in [0.4, 0.5) is 0 Å². The van der Waals surface area contributed by atoms with Gasteiger partial charge in [-0.25, -0.2) is 8.42 Å². The first-order valence-corrected chi connectivity index (χ1v) is 6.25. The summed E-state index contributed by atoms with van der Waals surface area (Å²) in [5.41, 5.74) is 0. The highest BCUT2D eigenvalue weighted by molar-refractivity contribution is 7.90. The predicted octanol–water partition coefficient (Wildman–Crippen LogP) is 0.790. The first-order valence-electron chi connectivity index (χ1n) is 4.19. The lowest BCUT2D eigenvalue weighted by Gasteiger charge is -2.04. The number of hydrogen-bond donors (Lipinski definition) is 0. The van der Waals surface area contributed by atoms with E-state index in [4.69, 9.17) is 0 Å². The van der Waals surface area contributed by atoms with E-state index >= 15 is 0 Å². The van der Waals surface area contributed by atoms with Gasteiger partial charge in [-0.15, -0.1) is 0 Å². The number of sulfone groups is 1. The fraction of sp³-hybridized carbons (Fsp3) is 0.875. The van der Waals surface area contributed by atoms with Crippen LogP contribution in [0.3, 0.4) is 0 Å². The Hall–Kier alpha value is -0.380. The molecule has 0 bridgehead atoms. The third-order valence-electron chi connectivity index (χ3n) is 2.27. The lowest BCUT2D eigenvalue weighted by atomic mass is 10.1. The molecule has 0 aromatic heterocycles. The van der Waals surface area contributed by atoms with Crippen LogP contribution >= 0.6 is 0 Å². The summed E-state index contributed by atoms with van der Waals surface area (Å²) in [5.74, 6) is 0.432. The van der Waals surface area contributed by atoms with E-state index in [-0.39, 0.29) is 17.5 Å². The molecule has 0 amide bonds. The van der Waals surface area contributed by atoms with Crippen molar-refractivity contribution < 1.29 is 13.2 Å². The molecule has 1 atom stereocenters. The number of carbonyl (C=O) groups is 1. The van der Waals surface area contributed by atoms with Gasteiger partial charge in [-0.3, -0.25) is 4.79 Å². The van der Waals surface area contributed by atoms with Crippen molar-refractivity contribution in [1.29, 1.82) is 0 Å². The summed E-state index contributed by atoms with van der Waals surface area (Å²) in [7, 11) is -2.89. The highest BCUT2D eigenvalue weighted by Gasteiger charge is 2.24. The third kappa shape index (κ3) is 2.93. The minimum atomic E-state index is -2.89. The summed E-state index contributed by atoms with van der Waals surface area (Å²) >= 11 is 0. The van der Waals surface area contributed by atoms with Crippen LogP contribution in [0.2, 0.25) is 0 Å². The Morgan fingerprint density at radius 1 is 1.50 bits per heavy atom. The van der Waals surface area contributed by atoms with Crippen molar-refractivity contribution in [3.05, 3.63) is 0 Å². The molecule has 0 aromatic carbocycles. The van der Waals surface area contributed by atoms with E-state index in [1.165, 1.54) is 6.26 Å². The van der Waals surface area contributed by atoms with Gasteiger partial charge in [-0.1, -0.05) is 0 Å². The van der Waals surface area contributed by atoms with Crippen LogP contribution in [0.5, 0.6) is 0 Å². The normalized spacial score (nSPS) is 24.8. The molecule has 0 saturated heterocycles. The SMILES string of the molecule is CS(=O)(=O)CCC1CCCC1=O. The highest BCUT2D eigenvalue weighted by atomic mass is 32.2. The second-order valence-corrected chi connectivity index (χ2v) is 5.73. The zero-order chi connectivity index (χ0) is 9.19. The Labute approximate surface area is 73.1 Å². The Morgan fingerprint density at radius 3 is 2.58 bits per heavy atom. The summed E-state index contributed by atoms with van der Waals surface area (Å²) in [6, 6.07) is 0. The third-order valence-corrected chi connectivity index (χ3v) is 3.25. The van der Waals surface area contributed by atoms with E-state index in [1.54, 1.807) is 0 Å². The van der Waals surface area contributed by atoms with Crippen LogP contribution < -0.4 is 0 Å². The van der Waals surface area contributed by atoms with E-state index in [2.05, 4.69) is 0 Å². The Balaban J connectivity index is 2.37.